The van der Waals surface area contributed by atoms with Crippen molar-refractivity contribution in [1.29, 1.82) is 0 Å². The highest BCUT2D eigenvalue weighted by Crippen LogP contribution is 2.34. The second-order valence-electron chi connectivity index (χ2n) is 12.5. The Hall–Kier alpha value is -5.46. The van der Waals surface area contributed by atoms with Crippen LogP contribution in [0, 0.1) is 13.8 Å². The van der Waals surface area contributed by atoms with E-state index >= 15 is 0 Å². The molecule has 6 nitrogen and oxygen atoms in total. The van der Waals surface area contributed by atoms with Crippen molar-refractivity contribution < 1.29 is 14.2 Å². The van der Waals surface area contributed by atoms with Crippen LogP contribution in [0.5, 0.6) is 11.5 Å². The van der Waals surface area contributed by atoms with Crippen molar-refractivity contribution in [3.05, 3.63) is 171 Å². The molecule has 0 heterocycles. The summed E-state index contributed by atoms with van der Waals surface area (Å²) in [4.78, 5) is 0. The summed E-state index contributed by atoms with van der Waals surface area (Å²) in [5.41, 5.74) is 10.6. The molecule has 0 aromatic heterocycles. The van der Waals surface area contributed by atoms with Gasteiger partial charge in [-0.25, -0.2) is 0 Å². The van der Waals surface area contributed by atoms with Crippen molar-refractivity contribution in [1.82, 2.24) is 5.01 Å². The first kappa shape index (κ1) is 36.8. The maximum Gasteiger partial charge on any atom is 0.238 e. The van der Waals surface area contributed by atoms with Gasteiger partial charge in [-0.2, -0.15) is 5.10 Å². The molecule has 4 aromatic carbocycles. The number of hydrazone groups is 2. The van der Waals surface area contributed by atoms with E-state index in [1.54, 1.807) is 14.2 Å². The SMILES string of the molecule is COc1ccc(/C=N/N(C)/C(=C/C=C2\CCCC(/C=C/C(c3ccc(C)cc3)=[N+](C)/N=C/c3ccc(OC)cc3)=C2Cl)c2ccc(C)cc2)cc1. The zero-order chi connectivity index (χ0) is 36.2. The van der Waals surface area contributed by atoms with Crippen LogP contribution in [0.1, 0.15) is 52.6 Å². The van der Waals surface area contributed by atoms with Crippen LogP contribution < -0.4 is 9.47 Å². The highest BCUT2D eigenvalue weighted by Gasteiger charge is 2.17. The van der Waals surface area contributed by atoms with Gasteiger partial charge in [0.2, 0.25) is 5.71 Å². The van der Waals surface area contributed by atoms with Crippen molar-refractivity contribution in [3.8, 4) is 11.5 Å². The smallest absolute Gasteiger partial charge is 0.238 e. The molecule has 0 saturated carbocycles. The van der Waals surface area contributed by atoms with Crippen LogP contribution in [0.25, 0.3) is 5.70 Å². The Labute approximate surface area is 307 Å². The Morgan fingerprint density at radius 3 is 1.86 bits per heavy atom. The number of aryl methyl sites for hydroxylation is 2. The normalized spacial score (nSPS) is 15.3. The first-order valence-corrected chi connectivity index (χ1v) is 17.4. The fraction of sp³-hybridized carbons (Fsp3) is 0.205. The van der Waals surface area contributed by atoms with Gasteiger partial charge in [0.25, 0.3) is 0 Å². The van der Waals surface area contributed by atoms with Gasteiger partial charge in [0.15, 0.2) is 7.05 Å². The minimum Gasteiger partial charge on any atom is -0.497 e. The Balaban J connectivity index is 1.46. The van der Waals surface area contributed by atoms with Gasteiger partial charge in [-0.1, -0.05) is 76.0 Å². The van der Waals surface area contributed by atoms with Crippen molar-refractivity contribution in [2.45, 2.75) is 33.1 Å². The highest BCUT2D eigenvalue weighted by molar-refractivity contribution is 6.32. The lowest BCUT2D eigenvalue weighted by molar-refractivity contribution is -0.500. The summed E-state index contributed by atoms with van der Waals surface area (Å²) in [5, 5.41) is 12.2. The largest absolute Gasteiger partial charge is 0.497 e. The van der Waals surface area contributed by atoms with E-state index in [1.165, 1.54) is 11.1 Å². The molecule has 0 unspecified atom stereocenters. The Morgan fingerprint density at radius 1 is 0.745 bits per heavy atom. The first-order valence-electron chi connectivity index (χ1n) is 17.1. The molecule has 0 spiro atoms. The minimum atomic E-state index is 0.786. The number of ether oxygens (including phenoxy) is 2. The summed E-state index contributed by atoms with van der Waals surface area (Å²) in [6, 6.07) is 32.7. The number of hydrogen-bond donors (Lipinski definition) is 0. The minimum absolute atomic E-state index is 0.786. The monoisotopic (exact) mass is 697 g/mol. The molecule has 0 N–H and O–H groups in total. The summed E-state index contributed by atoms with van der Waals surface area (Å²) in [5.74, 6) is 1.63. The van der Waals surface area contributed by atoms with Crippen molar-refractivity contribution >= 4 is 35.4 Å². The zero-order valence-corrected chi connectivity index (χ0v) is 31.1. The summed E-state index contributed by atoms with van der Waals surface area (Å²) in [6.45, 7) is 4.18. The molecule has 7 heteroatoms. The van der Waals surface area contributed by atoms with Gasteiger partial charge in [0.1, 0.15) is 17.7 Å². The molecule has 0 radical (unpaired) electrons. The lowest BCUT2D eigenvalue weighted by Gasteiger charge is -2.19. The van der Waals surface area contributed by atoms with Crippen molar-refractivity contribution in [3.63, 3.8) is 0 Å². The molecular formula is C44H46ClN4O2+. The van der Waals surface area contributed by atoms with Crippen molar-refractivity contribution in [2.24, 2.45) is 10.2 Å². The van der Waals surface area contributed by atoms with Gasteiger partial charge in [-0.05, 0) is 133 Å². The average Bonchev–Trinajstić information content (AvgIpc) is 3.16. The van der Waals surface area contributed by atoms with Crippen LogP contribution in [0.15, 0.2) is 148 Å². The number of nitrogens with zero attached hydrogens (tertiary/aromatic N) is 4. The molecule has 5 rings (SSSR count). The Bertz CT molecular complexity index is 2000. The third-order valence-corrected chi connectivity index (χ3v) is 9.21. The third-order valence-electron chi connectivity index (χ3n) is 8.72. The van der Waals surface area contributed by atoms with E-state index in [0.29, 0.717) is 0 Å². The fourth-order valence-electron chi connectivity index (χ4n) is 5.61. The molecule has 0 atom stereocenters. The summed E-state index contributed by atoms with van der Waals surface area (Å²) in [6.07, 6.45) is 15.0. The van der Waals surface area contributed by atoms with Gasteiger partial charge >= 0.3 is 0 Å². The molecule has 0 aliphatic heterocycles. The van der Waals surface area contributed by atoms with Crippen LogP contribution >= 0.6 is 11.6 Å². The topological polar surface area (TPSA) is 49.4 Å². The lowest BCUT2D eigenvalue weighted by atomic mass is 9.93. The first-order chi connectivity index (χ1) is 24.7. The number of methoxy groups -OCH3 is 2. The molecule has 0 amide bonds. The van der Waals surface area contributed by atoms with Crippen LogP contribution in [0.3, 0.4) is 0 Å². The van der Waals surface area contributed by atoms with E-state index in [0.717, 1.165) is 80.6 Å². The molecular weight excluding hydrogens is 652 g/mol. The van der Waals surface area contributed by atoms with E-state index in [1.807, 2.05) is 84.7 Å². The third kappa shape index (κ3) is 10.3. The number of allylic oxidation sites excluding steroid dienone is 7. The number of hydrogen-bond acceptors (Lipinski definition) is 5. The maximum absolute atomic E-state index is 7.15. The average molecular weight is 698 g/mol. The molecule has 260 valence electrons. The standard InChI is InChI=1S/C44H46ClN4O2/c1-32-10-18-36(19-11-32)42(48(3)46-30-34-14-24-40(50-5)25-15-34)28-22-38-8-7-9-39(44(38)45)23-29-43(37-20-12-33(2)13-21-37)49(4)47-31-35-16-26-41(51-6)27-17-35/h10-31H,7-9H2,1-6H3/q+1/b46-30+,47-31+. The number of rotatable bonds is 12. The van der Waals surface area contributed by atoms with E-state index in [-0.39, 0.29) is 0 Å². The second-order valence-corrected chi connectivity index (χ2v) is 12.8. The predicted molar refractivity (Wildman–Crippen MR) is 214 cm³/mol. The molecule has 0 bridgehead atoms. The van der Waals surface area contributed by atoms with Crippen LogP contribution in [-0.2, 0) is 0 Å². The van der Waals surface area contributed by atoms with E-state index in [2.05, 4.69) is 86.7 Å². The van der Waals surface area contributed by atoms with Gasteiger partial charge in [-0.15, -0.1) is 0 Å². The van der Waals surface area contributed by atoms with Gasteiger partial charge in [-0.3, -0.25) is 5.01 Å². The highest BCUT2D eigenvalue weighted by atomic mass is 35.5. The Kier molecular flexibility index (Phi) is 13.0. The molecule has 0 saturated heterocycles. The number of halogens is 1. The molecule has 0 fully saturated rings. The zero-order valence-electron chi connectivity index (χ0n) is 30.3. The van der Waals surface area contributed by atoms with E-state index in [9.17, 15) is 0 Å². The van der Waals surface area contributed by atoms with Gasteiger partial charge in [0, 0.05) is 23.7 Å². The Morgan fingerprint density at radius 2 is 1.29 bits per heavy atom. The lowest BCUT2D eigenvalue weighted by Crippen LogP contribution is -2.12. The quantitative estimate of drug-likeness (QED) is 0.0841. The summed E-state index contributed by atoms with van der Waals surface area (Å²) >= 11 is 7.15. The maximum atomic E-state index is 7.15. The van der Waals surface area contributed by atoms with Gasteiger partial charge in [0.05, 0.1) is 26.1 Å². The molecule has 4 aromatic rings. The van der Waals surface area contributed by atoms with Crippen molar-refractivity contribution in [2.75, 3.05) is 28.3 Å². The van der Waals surface area contributed by atoms with E-state index < -0.39 is 0 Å². The second kappa shape index (κ2) is 18.0. The predicted octanol–water partition coefficient (Wildman–Crippen LogP) is 9.95. The summed E-state index contributed by atoms with van der Waals surface area (Å²) in [7, 11) is 7.26. The fourth-order valence-corrected chi connectivity index (χ4v) is 5.92. The van der Waals surface area contributed by atoms with Crippen LogP contribution in [0.2, 0.25) is 0 Å². The molecule has 1 aliphatic carbocycles. The van der Waals surface area contributed by atoms with Crippen LogP contribution in [-0.4, -0.2) is 56.1 Å². The van der Waals surface area contributed by atoms with Gasteiger partial charge < -0.3 is 9.47 Å². The molecule has 1 aliphatic rings. The number of benzene rings is 4. The summed E-state index contributed by atoms with van der Waals surface area (Å²) < 4.78 is 12.5. The molecule has 51 heavy (non-hydrogen) atoms. The van der Waals surface area contributed by atoms with Crippen LogP contribution in [0.4, 0.5) is 0 Å². The van der Waals surface area contributed by atoms with E-state index in [4.69, 9.17) is 31.3 Å².